The van der Waals surface area contributed by atoms with Gasteiger partial charge in [-0.1, -0.05) is 6.92 Å². The third kappa shape index (κ3) is 3.47. The third-order valence-electron chi connectivity index (χ3n) is 3.34. The van der Waals surface area contributed by atoms with Crippen molar-refractivity contribution in [1.29, 1.82) is 5.41 Å². The number of piperazine rings is 1. The summed E-state index contributed by atoms with van der Waals surface area (Å²) >= 11 is 0. The first-order valence-corrected chi connectivity index (χ1v) is 5.85. The summed E-state index contributed by atoms with van der Waals surface area (Å²) in [5.41, 5.74) is 5.43. The summed E-state index contributed by atoms with van der Waals surface area (Å²) in [6, 6.07) is 1.03. The molecule has 0 spiro atoms. The molecule has 0 aliphatic carbocycles. The molecule has 0 saturated carbocycles. The van der Waals surface area contributed by atoms with E-state index in [0.29, 0.717) is 24.3 Å². The van der Waals surface area contributed by atoms with Crippen molar-refractivity contribution in [2.75, 3.05) is 26.2 Å². The molecule has 1 saturated heterocycles. The third-order valence-corrected chi connectivity index (χ3v) is 3.34. The number of nitrogens with zero attached hydrogens (tertiary/aromatic N) is 2. The van der Waals surface area contributed by atoms with Crippen molar-refractivity contribution in [3.05, 3.63) is 0 Å². The lowest BCUT2D eigenvalue weighted by molar-refractivity contribution is 0.0656. The molecule has 2 atom stereocenters. The van der Waals surface area contributed by atoms with Gasteiger partial charge in [0.2, 0.25) is 0 Å². The Hall–Kier alpha value is -0.610. The smallest absolute Gasteiger partial charge is 0.0920 e. The van der Waals surface area contributed by atoms with Crippen molar-refractivity contribution in [3.63, 3.8) is 0 Å². The van der Waals surface area contributed by atoms with E-state index in [0.717, 1.165) is 26.2 Å². The summed E-state index contributed by atoms with van der Waals surface area (Å²) in [6.45, 7) is 11.1. The SMILES string of the molecule is CCN1CCN(C(C)CC(=N)N)CC1C. The van der Waals surface area contributed by atoms with Crippen LogP contribution in [-0.2, 0) is 0 Å². The van der Waals surface area contributed by atoms with E-state index in [1.807, 2.05) is 0 Å². The second-order valence-electron chi connectivity index (χ2n) is 4.55. The van der Waals surface area contributed by atoms with Crippen LogP contribution in [0.3, 0.4) is 0 Å². The average molecular weight is 212 g/mol. The molecule has 0 aromatic carbocycles. The van der Waals surface area contributed by atoms with Crippen LogP contribution in [0.2, 0.25) is 0 Å². The largest absolute Gasteiger partial charge is 0.388 e. The van der Waals surface area contributed by atoms with Crippen molar-refractivity contribution in [2.45, 2.75) is 39.3 Å². The van der Waals surface area contributed by atoms with E-state index in [1.165, 1.54) is 0 Å². The highest BCUT2D eigenvalue weighted by molar-refractivity contribution is 5.77. The number of nitrogens with one attached hydrogen (secondary N) is 1. The Morgan fingerprint density at radius 2 is 2.20 bits per heavy atom. The van der Waals surface area contributed by atoms with Gasteiger partial charge in [-0.15, -0.1) is 0 Å². The van der Waals surface area contributed by atoms with Crippen molar-refractivity contribution in [3.8, 4) is 0 Å². The van der Waals surface area contributed by atoms with Gasteiger partial charge in [-0.3, -0.25) is 15.2 Å². The van der Waals surface area contributed by atoms with Gasteiger partial charge in [0.15, 0.2) is 0 Å². The fourth-order valence-electron chi connectivity index (χ4n) is 2.34. The molecule has 1 rings (SSSR count). The van der Waals surface area contributed by atoms with Gasteiger partial charge < -0.3 is 5.73 Å². The van der Waals surface area contributed by atoms with E-state index in [4.69, 9.17) is 11.1 Å². The number of hydrogen-bond acceptors (Lipinski definition) is 3. The zero-order valence-electron chi connectivity index (χ0n) is 10.2. The van der Waals surface area contributed by atoms with E-state index in [2.05, 4.69) is 30.6 Å². The maximum atomic E-state index is 7.31. The molecule has 3 N–H and O–H groups in total. The maximum absolute atomic E-state index is 7.31. The molecule has 0 aromatic heterocycles. The van der Waals surface area contributed by atoms with Crippen molar-refractivity contribution >= 4 is 5.84 Å². The van der Waals surface area contributed by atoms with Gasteiger partial charge in [0.1, 0.15) is 0 Å². The zero-order chi connectivity index (χ0) is 11.4. The van der Waals surface area contributed by atoms with Crippen LogP contribution in [0.15, 0.2) is 0 Å². The topological polar surface area (TPSA) is 56.4 Å². The predicted octanol–water partition coefficient (Wildman–Crippen LogP) is 0.727. The fraction of sp³-hybridized carbons (Fsp3) is 0.909. The Morgan fingerprint density at radius 3 is 2.67 bits per heavy atom. The lowest BCUT2D eigenvalue weighted by Gasteiger charge is -2.42. The van der Waals surface area contributed by atoms with Crippen LogP contribution in [0.4, 0.5) is 0 Å². The minimum atomic E-state index is 0.299. The van der Waals surface area contributed by atoms with Crippen LogP contribution in [0.1, 0.15) is 27.2 Å². The molecule has 1 aliphatic heterocycles. The summed E-state index contributed by atoms with van der Waals surface area (Å²) in [6.07, 6.45) is 0.693. The number of amidine groups is 1. The Balaban J connectivity index is 2.42. The normalized spacial score (nSPS) is 26.5. The fourth-order valence-corrected chi connectivity index (χ4v) is 2.34. The van der Waals surface area contributed by atoms with Gasteiger partial charge in [-0.05, 0) is 20.4 Å². The highest BCUT2D eigenvalue weighted by atomic mass is 15.3. The molecule has 4 heteroatoms. The second-order valence-corrected chi connectivity index (χ2v) is 4.55. The summed E-state index contributed by atoms with van der Waals surface area (Å²) < 4.78 is 0. The summed E-state index contributed by atoms with van der Waals surface area (Å²) in [5, 5.41) is 7.31. The first kappa shape index (κ1) is 12.5. The highest BCUT2D eigenvalue weighted by Gasteiger charge is 2.25. The molecule has 0 amide bonds. The number of nitrogens with two attached hydrogens (primary N) is 1. The molecular formula is C11H24N4. The highest BCUT2D eigenvalue weighted by Crippen LogP contribution is 2.13. The van der Waals surface area contributed by atoms with Gasteiger partial charge in [0, 0.05) is 38.1 Å². The number of hydrogen-bond donors (Lipinski definition) is 2. The molecule has 2 unspecified atom stereocenters. The van der Waals surface area contributed by atoms with Gasteiger partial charge >= 0.3 is 0 Å². The van der Waals surface area contributed by atoms with Crippen molar-refractivity contribution in [1.82, 2.24) is 9.80 Å². The second kappa shape index (κ2) is 5.47. The van der Waals surface area contributed by atoms with E-state index in [1.54, 1.807) is 0 Å². The molecule has 0 aromatic rings. The van der Waals surface area contributed by atoms with Gasteiger partial charge in [-0.2, -0.15) is 0 Å². The van der Waals surface area contributed by atoms with Crippen LogP contribution in [0, 0.1) is 5.41 Å². The monoisotopic (exact) mass is 212 g/mol. The Morgan fingerprint density at radius 1 is 1.53 bits per heavy atom. The van der Waals surface area contributed by atoms with Gasteiger partial charge in [0.25, 0.3) is 0 Å². The Bertz CT molecular complexity index is 217. The quantitative estimate of drug-likeness (QED) is 0.533. The Labute approximate surface area is 92.9 Å². The van der Waals surface area contributed by atoms with Crippen LogP contribution >= 0.6 is 0 Å². The molecule has 1 heterocycles. The lowest BCUT2D eigenvalue weighted by Crippen LogP contribution is -2.54. The maximum Gasteiger partial charge on any atom is 0.0920 e. The first-order chi connectivity index (χ1) is 7.04. The van der Waals surface area contributed by atoms with Crippen LogP contribution in [0.25, 0.3) is 0 Å². The minimum Gasteiger partial charge on any atom is -0.388 e. The molecule has 0 bridgehead atoms. The van der Waals surface area contributed by atoms with E-state index < -0.39 is 0 Å². The molecule has 88 valence electrons. The predicted molar refractivity (Wildman–Crippen MR) is 64.3 cm³/mol. The molecular weight excluding hydrogens is 188 g/mol. The lowest BCUT2D eigenvalue weighted by atomic mass is 10.1. The standard InChI is InChI=1S/C11H24N4/c1-4-14-5-6-15(8-10(14)3)9(2)7-11(12)13/h9-10H,4-8H2,1-3H3,(H3,12,13). The van der Waals surface area contributed by atoms with E-state index in [-0.39, 0.29) is 0 Å². The molecule has 1 fully saturated rings. The molecule has 1 aliphatic rings. The van der Waals surface area contributed by atoms with Crippen LogP contribution < -0.4 is 5.73 Å². The summed E-state index contributed by atoms with van der Waals surface area (Å²) in [7, 11) is 0. The van der Waals surface area contributed by atoms with Crippen molar-refractivity contribution < 1.29 is 0 Å². The van der Waals surface area contributed by atoms with Crippen LogP contribution in [0.5, 0.6) is 0 Å². The van der Waals surface area contributed by atoms with E-state index in [9.17, 15) is 0 Å². The van der Waals surface area contributed by atoms with Crippen molar-refractivity contribution in [2.24, 2.45) is 5.73 Å². The van der Waals surface area contributed by atoms with Gasteiger partial charge in [0.05, 0.1) is 5.84 Å². The van der Waals surface area contributed by atoms with Gasteiger partial charge in [-0.25, -0.2) is 0 Å². The van der Waals surface area contributed by atoms with Crippen LogP contribution in [-0.4, -0.2) is 53.9 Å². The average Bonchev–Trinajstić information content (AvgIpc) is 2.16. The summed E-state index contributed by atoms with van der Waals surface area (Å²) in [4.78, 5) is 4.94. The minimum absolute atomic E-state index is 0.299. The zero-order valence-corrected chi connectivity index (χ0v) is 10.2. The summed E-state index contributed by atoms with van der Waals surface area (Å²) in [5.74, 6) is 0.299. The first-order valence-electron chi connectivity index (χ1n) is 5.85. The number of likely N-dealkylation sites (N-methyl/N-ethyl adjacent to an activating group) is 1. The Kier molecular flexibility index (Phi) is 4.54. The number of rotatable bonds is 4. The van der Waals surface area contributed by atoms with E-state index >= 15 is 0 Å². The molecule has 0 radical (unpaired) electrons. The molecule has 15 heavy (non-hydrogen) atoms. The molecule has 4 nitrogen and oxygen atoms in total.